The van der Waals surface area contributed by atoms with Gasteiger partial charge in [0, 0.05) is 69.8 Å². The third kappa shape index (κ3) is 4.18. The van der Waals surface area contributed by atoms with Gasteiger partial charge in [0.1, 0.15) is 0 Å². The predicted octanol–water partition coefficient (Wildman–Crippen LogP) is 1.75. The lowest BCUT2D eigenvalue weighted by molar-refractivity contribution is -0.131. The van der Waals surface area contributed by atoms with Crippen LogP contribution in [0, 0.1) is 5.92 Å². The van der Waals surface area contributed by atoms with Crippen molar-refractivity contribution in [2.45, 2.75) is 38.3 Å². The molecule has 1 aliphatic heterocycles. The number of nitrogens with zero attached hydrogens (tertiary/aromatic N) is 7. The molecular formula is C23H26ClN7O3. The molecule has 1 aliphatic carbocycles. The molecule has 0 bridgehead atoms. The third-order valence-corrected chi connectivity index (χ3v) is 6.84. The third-order valence-electron chi connectivity index (χ3n) is 6.64. The fourth-order valence-corrected chi connectivity index (χ4v) is 4.71. The summed E-state index contributed by atoms with van der Waals surface area (Å²) in [6.45, 7) is 1.77. The van der Waals surface area contributed by atoms with Crippen molar-refractivity contribution in [2.24, 2.45) is 13.0 Å². The number of piperidine rings is 1. The molecule has 0 N–H and O–H groups in total. The van der Waals surface area contributed by atoms with E-state index in [0.717, 1.165) is 18.4 Å². The number of halogens is 1. The minimum absolute atomic E-state index is 0.157. The second-order valence-corrected chi connectivity index (χ2v) is 9.55. The van der Waals surface area contributed by atoms with Crippen molar-refractivity contribution in [2.75, 3.05) is 25.0 Å². The Labute approximate surface area is 200 Å². The molecule has 5 rings (SSSR count). The molecule has 34 heavy (non-hydrogen) atoms. The van der Waals surface area contributed by atoms with Gasteiger partial charge in [-0.1, -0.05) is 11.6 Å². The zero-order chi connectivity index (χ0) is 24.0. The first-order chi connectivity index (χ1) is 16.3. The lowest BCUT2D eigenvalue weighted by Gasteiger charge is -2.33. The van der Waals surface area contributed by atoms with Gasteiger partial charge in [-0.25, -0.2) is 15.0 Å². The standard InChI is InChI=1S/C23H26ClN7O3/c1-28(20(32)15-3-4-15)13-14-10-26-23(27-11-14)30-7-5-17(6-8-30)31-19-18(9-16(24)12-25-19)29(2)21(33)22(31)34/h9-12,15,17H,3-8,13H2,1-2H3. The summed E-state index contributed by atoms with van der Waals surface area (Å²) < 4.78 is 2.81. The van der Waals surface area contributed by atoms with Gasteiger partial charge >= 0.3 is 11.1 Å². The number of rotatable bonds is 5. The SMILES string of the molecule is CN(Cc1cnc(N2CCC(n3c(=O)c(=O)n(C)c4cc(Cl)cnc43)CC2)nc1)C(=O)C1CC1. The maximum Gasteiger partial charge on any atom is 0.318 e. The Balaban J connectivity index is 1.30. The van der Waals surface area contributed by atoms with E-state index in [-0.39, 0.29) is 17.9 Å². The van der Waals surface area contributed by atoms with Gasteiger partial charge in [-0.15, -0.1) is 0 Å². The molecule has 0 unspecified atom stereocenters. The Hall–Kier alpha value is -3.27. The van der Waals surface area contributed by atoms with Crippen molar-refractivity contribution in [3.63, 3.8) is 0 Å². The lowest BCUT2D eigenvalue weighted by atomic mass is 10.0. The second-order valence-electron chi connectivity index (χ2n) is 9.11. The first-order valence-electron chi connectivity index (χ1n) is 11.4. The van der Waals surface area contributed by atoms with Crippen LogP contribution in [-0.4, -0.2) is 55.0 Å². The van der Waals surface area contributed by atoms with Gasteiger partial charge in [0.15, 0.2) is 5.65 Å². The number of hydrogen-bond acceptors (Lipinski definition) is 7. The number of amides is 1. The molecular weight excluding hydrogens is 458 g/mol. The highest BCUT2D eigenvalue weighted by atomic mass is 35.5. The summed E-state index contributed by atoms with van der Waals surface area (Å²) in [6, 6.07) is 1.50. The summed E-state index contributed by atoms with van der Waals surface area (Å²) in [5, 5.41) is 0.409. The molecule has 3 aromatic heterocycles. The maximum atomic E-state index is 12.8. The van der Waals surface area contributed by atoms with Crippen LogP contribution in [0.4, 0.5) is 5.95 Å². The van der Waals surface area contributed by atoms with Crippen LogP contribution in [0.25, 0.3) is 11.2 Å². The van der Waals surface area contributed by atoms with Gasteiger partial charge < -0.3 is 14.4 Å². The van der Waals surface area contributed by atoms with Crippen molar-refractivity contribution in [3.05, 3.63) is 56.0 Å². The Morgan fingerprint density at radius 3 is 2.38 bits per heavy atom. The Bertz CT molecular complexity index is 1360. The lowest BCUT2D eigenvalue weighted by Crippen LogP contribution is -2.45. The Kier molecular flexibility index (Phi) is 5.85. The molecule has 0 atom stereocenters. The number of hydrogen-bond donors (Lipinski definition) is 0. The maximum absolute atomic E-state index is 12.8. The number of anilines is 1. The van der Waals surface area contributed by atoms with E-state index in [2.05, 4.69) is 19.9 Å². The van der Waals surface area contributed by atoms with Crippen molar-refractivity contribution >= 4 is 34.6 Å². The van der Waals surface area contributed by atoms with Gasteiger partial charge in [0.05, 0.1) is 10.5 Å². The quantitative estimate of drug-likeness (QED) is 0.509. The number of aromatic nitrogens is 5. The summed E-state index contributed by atoms with van der Waals surface area (Å²) in [6.07, 6.45) is 8.28. The van der Waals surface area contributed by atoms with Crippen LogP contribution in [0.15, 0.2) is 34.2 Å². The molecule has 10 nitrogen and oxygen atoms in total. The number of pyridine rings is 1. The Morgan fingerprint density at radius 2 is 1.74 bits per heavy atom. The smallest absolute Gasteiger partial charge is 0.318 e. The van der Waals surface area contributed by atoms with Crippen LogP contribution >= 0.6 is 11.6 Å². The van der Waals surface area contributed by atoms with Crippen LogP contribution in [0.3, 0.4) is 0 Å². The summed E-state index contributed by atoms with van der Waals surface area (Å²) in [7, 11) is 3.36. The number of fused-ring (bicyclic) bond motifs is 1. The first kappa shape index (κ1) is 22.5. The molecule has 178 valence electrons. The molecule has 2 fully saturated rings. The zero-order valence-corrected chi connectivity index (χ0v) is 19.9. The molecule has 1 saturated heterocycles. The number of carbonyl (C=O) groups is 1. The van der Waals surface area contributed by atoms with E-state index in [1.165, 1.54) is 15.3 Å². The van der Waals surface area contributed by atoms with Gasteiger partial charge in [-0.05, 0) is 31.7 Å². The molecule has 0 aromatic carbocycles. The van der Waals surface area contributed by atoms with Crippen molar-refractivity contribution < 1.29 is 4.79 Å². The average molecular weight is 484 g/mol. The Morgan fingerprint density at radius 1 is 1.06 bits per heavy atom. The fraction of sp³-hybridized carbons (Fsp3) is 0.478. The second kappa shape index (κ2) is 8.83. The predicted molar refractivity (Wildman–Crippen MR) is 128 cm³/mol. The topological polar surface area (TPSA) is 106 Å². The highest BCUT2D eigenvalue weighted by Crippen LogP contribution is 2.31. The molecule has 2 aliphatic rings. The average Bonchev–Trinajstić information content (AvgIpc) is 3.69. The summed E-state index contributed by atoms with van der Waals surface area (Å²) in [4.78, 5) is 54.7. The first-order valence-corrected chi connectivity index (χ1v) is 11.8. The fourth-order valence-electron chi connectivity index (χ4n) is 4.56. The summed E-state index contributed by atoms with van der Waals surface area (Å²) in [5.41, 5.74) is 0.707. The summed E-state index contributed by atoms with van der Waals surface area (Å²) >= 11 is 6.07. The van der Waals surface area contributed by atoms with E-state index in [4.69, 9.17) is 11.6 Å². The van der Waals surface area contributed by atoms with Gasteiger partial charge in [0.2, 0.25) is 11.9 Å². The van der Waals surface area contributed by atoms with Gasteiger partial charge in [-0.2, -0.15) is 0 Å². The minimum Gasteiger partial charge on any atom is -0.341 e. The minimum atomic E-state index is -0.594. The van der Waals surface area contributed by atoms with Crippen LogP contribution < -0.4 is 16.0 Å². The van der Waals surface area contributed by atoms with Crippen LogP contribution in [0.5, 0.6) is 0 Å². The van der Waals surface area contributed by atoms with Gasteiger partial charge in [-0.3, -0.25) is 19.0 Å². The van der Waals surface area contributed by atoms with Crippen LogP contribution in [-0.2, 0) is 18.4 Å². The molecule has 4 heterocycles. The van der Waals surface area contributed by atoms with E-state index in [1.54, 1.807) is 30.4 Å². The molecule has 3 aromatic rings. The van der Waals surface area contributed by atoms with E-state index in [1.807, 2.05) is 7.05 Å². The van der Waals surface area contributed by atoms with E-state index in [0.29, 0.717) is 54.6 Å². The molecule has 1 saturated carbocycles. The van der Waals surface area contributed by atoms with Crippen molar-refractivity contribution in [1.29, 1.82) is 0 Å². The van der Waals surface area contributed by atoms with E-state index >= 15 is 0 Å². The number of carbonyl (C=O) groups excluding carboxylic acids is 1. The number of aryl methyl sites for hydroxylation is 1. The molecule has 11 heteroatoms. The normalized spacial score (nSPS) is 16.7. The highest BCUT2D eigenvalue weighted by Gasteiger charge is 2.32. The largest absolute Gasteiger partial charge is 0.341 e. The van der Waals surface area contributed by atoms with E-state index < -0.39 is 11.1 Å². The zero-order valence-electron chi connectivity index (χ0n) is 19.1. The molecule has 0 spiro atoms. The van der Waals surface area contributed by atoms with Crippen molar-refractivity contribution in [3.8, 4) is 0 Å². The van der Waals surface area contributed by atoms with Crippen molar-refractivity contribution in [1.82, 2.24) is 29.0 Å². The summed E-state index contributed by atoms with van der Waals surface area (Å²) in [5.74, 6) is 0.985. The molecule has 0 radical (unpaired) electrons. The monoisotopic (exact) mass is 483 g/mol. The molecule has 1 amide bonds. The highest BCUT2D eigenvalue weighted by molar-refractivity contribution is 6.31. The van der Waals surface area contributed by atoms with Crippen LogP contribution in [0.2, 0.25) is 5.02 Å². The van der Waals surface area contributed by atoms with Crippen LogP contribution in [0.1, 0.15) is 37.3 Å². The van der Waals surface area contributed by atoms with Gasteiger partial charge in [0.25, 0.3) is 0 Å². The van der Waals surface area contributed by atoms with E-state index in [9.17, 15) is 14.4 Å².